The van der Waals surface area contributed by atoms with Gasteiger partial charge in [-0.3, -0.25) is 9.59 Å². The van der Waals surface area contributed by atoms with Crippen molar-refractivity contribution in [2.75, 3.05) is 76.9 Å². The Morgan fingerprint density at radius 2 is 1.59 bits per heavy atom. The largest absolute Gasteiger partial charge is 0.434 e. The molecule has 54 heavy (non-hydrogen) atoms. The lowest BCUT2D eigenvalue weighted by molar-refractivity contribution is -0.140. The quantitative estimate of drug-likeness (QED) is 0.312. The molecular weight excluding hydrogens is 714 g/mol. The van der Waals surface area contributed by atoms with Crippen LogP contribution in [0.5, 0.6) is 11.6 Å². The van der Waals surface area contributed by atoms with Crippen molar-refractivity contribution in [2.45, 2.75) is 71.9 Å². The highest BCUT2D eigenvalue weighted by molar-refractivity contribution is 7.86. The Balaban J connectivity index is 0.896. The van der Waals surface area contributed by atoms with Crippen molar-refractivity contribution in [1.29, 1.82) is 0 Å². The average molecular weight is 768 g/mol. The molecule has 7 rings (SSSR count). The molecule has 0 saturated carbocycles. The van der Waals surface area contributed by atoms with Gasteiger partial charge in [0, 0.05) is 89.5 Å². The summed E-state index contributed by atoms with van der Waals surface area (Å²) < 4.78 is 51.2. The van der Waals surface area contributed by atoms with Crippen LogP contribution in [0, 0.1) is 22.6 Å². The number of hydrogen-bond acceptors (Lipinski definition) is 10. The monoisotopic (exact) mass is 767 g/mol. The summed E-state index contributed by atoms with van der Waals surface area (Å²) in [6.07, 6.45) is 7.00. The standard InChI is InChI=1S/C38H54FN9O5S/c1-6-33(49)45-24-38(25-45)12-17-47(18-13-38)54(51,52)46-15-10-37(11-16-46)22-43(23-37)20-29-9-14-44(21-29)34-35(42-41-26-40-34)53-32-8-7-30(39)19-31(32)36(50)48(27(2)3)28(4)5/h6-8,19,26-29H,1,9-18,20-25H2,2-5H3/t29-/m0/s1. The summed E-state index contributed by atoms with van der Waals surface area (Å²) in [5, 5.41) is 8.19. The van der Waals surface area contributed by atoms with E-state index in [2.05, 4.69) is 31.6 Å². The first kappa shape index (κ1) is 38.5. The number of amides is 2. The van der Waals surface area contributed by atoms with Crippen LogP contribution in [0.1, 0.15) is 70.2 Å². The summed E-state index contributed by atoms with van der Waals surface area (Å²) in [4.78, 5) is 38.1. The van der Waals surface area contributed by atoms with Crippen LogP contribution in [0.25, 0.3) is 0 Å². The number of piperidine rings is 2. The molecule has 0 bridgehead atoms. The molecule has 16 heteroatoms. The van der Waals surface area contributed by atoms with E-state index >= 15 is 0 Å². The first-order valence-electron chi connectivity index (χ1n) is 19.3. The van der Waals surface area contributed by atoms with Crippen LogP contribution in [-0.4, -0.2) is 143 Å². The minimum absolute atomic E-state index is 0.0446. The zero-order valence-corrected chi connectivity index (χ0v) is 32.8. The second kappa shape index (κ2) is 15.1. The molecule has 1 aromatic carbocycles. The molecule has 1 aromatic heterocycles. The van der Waals surface area contributed by atoms with Gasteiger partial charge in [-0.25, -0.2) is 9.37 Å². The van der Waals surface area contributed by atoms with Crippen molar-refractivity contribution in [3.63, 3.8) is 0 Å². The fourth-order valence-electron chi connectivity index (χ4n) is 9.41. The predicted molar refractivity (Wildman–Crippen MR) is 202 cm³/mol. The lowest BCUT2D eigenvalue weighted by Crippen LogP contribution is -2.64. The van der Waals surface area contributed by atoms with E-state index in [0.717, 1.165) is 64.8 Å². The molecule has 2 aromatic rings. The molecule has 2 spiro atoms. The minimum atomic E-state index is -3.51. The van der Waals surface area contributed by atoms with Crippen LogP contribution >= 0.6 is 0 Å². The third kappa shape index (κ3) is 7.58. The molecule has 5 aliphatic rings. The smallest absolute Gasteiger partial charge is 0.282 e. The summed E-state index contributed by atoms with van der Waals surface area (Å²) in [7, 11) is -3.51. The van der Waals surface area contributed by atoms with E-state index in [0.29, 0.717) is 51.0 Å². The molecule has 0 unspecified atom stereocenters. The molecule has 14 nitrogen and oxygen atoms in total. The number of aromatic nitrogens is 3. The maximum atomic E-state index is 14.4. The number of carbonyl (C=O) groups is 2. The molecular formula is C38H54FN9O5S. The van der Waals surface area contributed by atoms with Gasteiger partial charge in [0.05, 0.1) is 5.56 Å². The Morgan fingerprint density at radius 1 is 0.981 bits per heavy atom. The van der Waals surface area contributed by atoms with Gasteiger partial charge in [-0.15, -0.1) is 10.2 Å². The average Bonchev–Trinajstić information content (AvgIpc) is 3.58. The summed E-state index contributed by atoms with van der Waals surface area (Å²) in [5.74, 6) is 0.403. The van der Waals surface area contributed by atoms with E-state index in [-0.39, 0.29) is 51.9 Å². The molecule has 5 aliphatic heterocycles. The summed E-state index contributed by atoms with van der Waals surface area (Å²) >= 11 is 0. The van der Waals surface area contributed by atoms with Gasteiger partial charge >= 0.3 is 0 Å². The third-order valence-electron chi connectivity index (χ3n) is 12.3. The van der Waals surface area contributed by atoms with Crippen molar-refractivity contribution in [3.8, 4) is 11.6 Å². The van der Waals surface area contributed by atoms with Gasteiger partial charge in [-0.1, -0.05) is 6.58 Å². The highest BCUT2D eigenvalue weighted by atomic mass is 32.2. The molecule has 294 valence electrons. The number of hydrogen-bond donors (Lipinski definition) is 0. The Morgan fingerprint density at radius 3 is 2.19 bits per heavy atom. The van der Waals surface area contributed by atoms with E-state index in [9.17, 15) is 22.4 Å². The van der Waals surface area contributed by atoms with Crippen LogP contribution in [0.4, 0.5) is 10.2 Å². The van der Waals surface area contributed by atoms with Gasteiger partial charge in [0.15, 0.2) is 5.82 Å². The van der Waals surface area contributed by atoms with Gasteiger partial charge in [0.25, 0.3) is 22.0 Å². The Labute approximate surface area is 318 Å². The van der Waals surface area contributed by atoms with E-state index < -0.39 is 16.0 Å². The number of halogens is 1. The molecule has 5 fully saturated rings. The van der Waals surface area contributed by atoms with Crippen LogP contribution in [0.15, 0.2) is 37.2 Å². The van der Waals surface area contributed by atoms with Gasteiger partial charge < -0.3 is 24.3 Å². The summed E-state index contributed by atoms with van der Waals surface area (Å²) in [5.41, 5.74) is 0.322. The summed E-state index contributed by atoms with van der Waals surface area (Å²) in [6.45, 7) is 19.2. The van der Waals surface area contributed by atoms with Crippen LogP contribution in [-0.2, 0) is 15.0 Å². The Hall–Kier alpha value is -3.73. The second-order valence-corrected chi connectivity index (χ2v) is 18.6. The zero-order valence-electron chi connectivity index (χ0n) is 32.0. The maximum Gasteiger partial charge on any atom is 0.282 e. The third-order valence-corrected chi connectivity index (χ3v) is 14.3. The first-order chi connectivity index (χ1) is 25.7. The Bertz CT molecular complexity index is 1820. The topological polar surface area (TPSA) is 136 Å². The van der Waals surface area contributed by atoms with E-state index in [1.807, 2.05) is 27.7 Å². The van der Waals surface area contributed by atoms with Gasteiger partial charge in [0.2, 0.25) is 5.91 Å². The fourth-order valence-corrected chi connectivity index (χ4v) is 11.0. The lowest BCUT2D eigenvalue weighted by atomic mass is 9.72. The van der Waals surface area contributed by atoms with Gasteiger partial charge in [-0.05, 0) is 95.4 Å². The molecule has 5 saturated heterocycles. The number of benzene rings is 1. The van der Waals surface area contributed by atoms with E-state index in [4.69, 9.17) is 4.74 Å². The number of carbonyl (C=O) groups excluding carboxylic acids is 2. The number of ether oxygens (including phenoxy) is 1. The normalized spacial score (nSPS) is 23.1. The molecule has 6 heterocycles. The van der Waals surface area contributed by atoms with Gasteiger partial charge in [0.1, 0.15) is 17.9 Å². The number of nitrogens with zero attached hydrogens (tertiary/aromatic N) is 9. The predicted octanol–water partition coefficient (Wildman–Crippen LogP) is 3.64. The number of likely N-dealkylation sites (tertiary alicyclic amines) is 2. The maximum absolute atomic E-state index is 14.4. The highest BCUT2D eigenvalue weighted by Gasteiger charge is 2.50. The first-order valence-corrected chi connectivity index (χ1v) is 20.7. The van der Waals surface area contributed by atoms with Crippen molar-refractivity contribution in [1.82, 2.24) is 38.5 Å². The minimum Gasteiger partial charge on any atom is -0.434 e. The molecule has 2 amide bonds. The SMILES string of the molecule is C=CC(=O)N1CC2(CCN(S(=O)(=O)N3CCC4(CC3)CN(C[C@@H]3CCN(c5ncnnc5Oc5ccc(F)cc5C(=O)N(C(C)C)C(C)C)C3)C4)CC2)C1. The van der Waals surface area contributed by atoms with Crippen molar-refractivity contribution >= 4 is 27.8 Å². The highest BCUT2D eigenvalue weighted by Crippen LogP contribution is 2.44. The second-order valence-electron chi connectivity index (χ2n) is 16.7. The van der Waals surface area contributed by atoms with Crippen LogP contribution in [0.3, 0.4) is 0 Å². The van der Waals surface area contributed by atoms with Crippen molar-refractivity contribution < 1.29 is 27.1 Å². The fraction of sp³-hybridized carbons (Fsp3) is 0.658. The van der Waals surface area contributed by atoms with Crippen molar-refractivity contribution in [2.24, 2.45) is 16.7 Å². The van der Waals surface area contributed by atoms with E-state index in [1.165, 1.54) is 30.6 Å². The molecule has 1 atom stereocenters. The summed E-state index contributed by atoms with van der Waals surface area (Å²) in [6, 6.07) is 3.74. The molecule has 0 aliphatic carbocycles. The van der Waals surface area contributed by atoms with E-state index in [1.54, 1.807) is 18.4 Å². The number of rotatable bonds is 11. The lowest BCUT2D eigenvalue weighted by Gasteiger charge is -2.55. The van der Waals surface area contributed by atoms with Crippen molar-refractivity contribution in [3.05, 3.63) is 48.6 Å². The molecule has 0 N–H and O–H groups in total. The molecule has 0 radical (unpaired) electrons. The number of anilines is 1. The van der Waals surface area contributed by atoms with Crippen LogP contribution < -0.4 is 9.64 Å². The van der Waals surface area contributed by atoms with Crippen LogP contribution in [0.2, 0.25) is 0 Å². The Kier molecular flexibility index (Phi) is 10.8. The zero-order chi connectivity index (χ0) is 38.4. The van der Waals surface area contributed by atoms with Gasteiger partial charge in [-0.2, -0.15) is 17.0 Å².